The second-order valence-corrected chi connectivity index (χ2v) is 4.25. The van der Waals surface area contributed by atoms with Gasteiger partial charge >= 0.3 is 5.97 Å². The van der Waals surface area contributed by atoms with Crippen LogP contribution in [0.5, 0.6) is 0 Å². The maximum Gasteiger partial charge on any atom is 0.305 e. The molecule has 0 amide bonds. The molecule has 0 saturated carbocycles. The summed E-state index contributed by atoms with van der Waals surface area (Å²) in [5.41, 5.74) is 2.23. The average Bonchev–Trinajstić information content (AvgIpc) is 2.66. The SMILES string of the molecule is Cc1cnccc1N1CCCC1CC(=O)O. The van der Waals surface area contributed by atoms with Crippen molar-refractivity contribution in [3.05, 3.63) is 24.0 Å². The van der Waals surface area contributed by atoms with Crippen LogP contribution in [0.15, 0.2) is 18.5 Å². The second kappa shape index (κ2) is 4.51. The van der Waals surface area contributed by atoms with E-state index in [1.165, 1.54) is 0 Å². The molecule has 2 rings (SSSR count). The lowest BCUT2D eigenvalue weighted by molar-refractivity contribution is -0.137. The van der Waals surface area contributed by atoms with Crippen LogP contribution in [-0.4, -0.2) is 28.6 Å². The Labute approximate surface area is 94.9 Å². The quantitative estimate of drug-likeness (QED) is 0.844. The van der Waals surface area contributed by atoms with Crippen molar-refractivity contribution in [2.24, 2.45) is 0 Å². The molecule has 4 nitrogen and oxygen atoms in total. The third-order valence-electron chi connectivity index (χ3n) is 3.09. The molecule has 0 bridgehead atoms. The number of aryl methyl sites for hydroxylation is 1. The molecule has 1 atom stereocenters. The molecule has 1 aliphatic rings. The molecular formula is C12H16N2O2. The van der Waals surface area contributed by atoms with E-state index < -0.39 is 5.97 Å². The van der Waals surface area contributed by atoms with E-state index in [0.29, 0.717) is 0 Å². The lowest BCUT2D eigenvalue weighted by Gasteiger charge is -2.27. The van der Waals surface area contributed by atoms with Crippen LogP contribution in [-0.2, 0) is 4.79 Å². The summed E-state index contributed by atoms with van der Waals surface area (Å²) in [5, 5.41) is 8.87. The van der Waals surface area contributed by atoms with Gasteiger partial charge in [-0.2, -0.15) is 0 Å². The summed E-state index contributed by atoms with van der Waals surface area (Å²) in [7, 11) is 0. The average molecular weight is 220 g/mol. The van der Waals surface area contributed by atoms with Gasteiger partial charge in [-0.1, -0.05) is 0 Å². The highest BCUT2D eigenvalue weighted by Crippen LogP contribution is 2.29. The lowest BCUT2D eigenvalue weighted by Crippen LogP contribution is -2.31. The molecule has 0 aliphatic carbocycles. The molecule has 1 unspecified atom stereocenters. The van der Waals surface area contributed by atoms with E-state index in [2.05, 4.69) is 9.88 Å². The molecule has 1 aliphatic heterocycles. The predicted molar refractivity (Wildman–Crippen MR) is 61.6 cm³/mol. The van der Waals surface area contributed by atoms with Crippen LogP contribution in [0.3, 0.4) is 0 Å². The third kappa shape index (κ3) is 2.15. The molecule has 86 valence electrons. The van der Waals surface area contributed by atoms with E-state index in [-0.39, 0.29) is 12.5 Å². The van der Waals surface area contributed by atoms with E-state index >= 15 is 0 Å². The minimum atomic E-state index is -0.719. The van der Waals surface area contributed by atoms with Crippen molar-refractivity contribution in [3.8, 4) is 0 Å². The Bertz CT molecular complexity index is 392. The highest BCUT2D eigenvalue weighted by atomic mass is 16.4. The number of rotatable bonds is 3. The zero-order valence-electron chi connectivity index (χ0n) is 9.39. The summed E-state index contributed by atoms with van der Waals surface area (Å²) < 4.78 is 0. The van der Waals surface area contributed by atoms with Crippen LogP contribution >= 0.6 is 0 Å². The summed E-state index contributed by atoms with van der Waals surface area (Å²) in [5.74, 6) is -0.719. The van der Waals surface area contributed by atoms with Gasteiger partial charge in [0.2, 0.25) is 0 Å². The number of carboxylic acid groups (broad SMARTS) is 1. The summed E-state index contributed by atoms with van der Waals surface area (Å²) in [6.45, 7) is 2.96. The summed E-state index contributed by atoms with van der Waals surface area (Å²) in [6, 6.07) is 2.11. The van der Waals surface area contributed by atoms with Crippen molar-refractivity contribution in [2.45, 2.75) is 32.2 Å². The molecule has 4 heteroatoms. The number of aliphatic carboxylic acids is 1. The number of pyridine rings is 1. The highest BCUT2D eigenvalue weighted by Gasteiger charge is 2.27. The zero-order valence-corrected chi connectivity index (χ0v) is 9.39. The normalized spacial score (nSPS) is 20.1. The zero-order chi connectivity index (χ0) is 11.5. The first-order chi connectivity index (χ1) is 7.68. The van der Waals surface area contributed by atoms with Gasteiger partial charge in [-0.25, -0.2) is 0 Å². The minimum Gasteiger partial charge on any atom is -0.481 e. The standard InChI is InChI=1S/C12H16N2O2/c1-9-8-13-5-4-11(9)14-6-2-3-10(14)7-12(15)16/h4-5,8,10H,2-3,6-7H2,1H3,(H,15,16). The topological polar surface area (TPSA) is 53.4 Å². The highest BCUT2D eigenvalue weighted by molar-refractivity contribution is 5.69. The molecule has 0 radical (unpaired) electrons. The van der Waals surface area contributed by atoms with Gasteiger partial charge in [0.05, 0.1) is 6.42 Å². The molecule has 0 spiro atoms. The number of hydrogen-bond acceptors (Lipinski definition) is 3. The fourth-order valence-electron chi connectivity index (χ4n) is 2.35. The van der Waals surface area contributed by atoms with Crippen LogP contribution in [0.2, 0.25) is 0 Å². The summed E-state index contributed by atoms with van der Waals surface area (Å²) in [6.07, 6.45) is 5.85. The Morgan fingerprint density at radius 2 is 2.50 bits per heavy atom. The molecule has 1 fully saturated rings. The molecule has 1 aromatic heterocycles. The number of hydrogen-bond donors (Lipinski definition) is 1. The number of nitrogens with zero attached hydrogens (tertiary/aromatic N) is 2. The molecule has 16 heavy (non-hydrogen) atoms. The van der Waals surface area contributed by atoms with Gasteiger partial charge in [0.15, 0.2) is 0 Å². The number of carbonyl (C=O) groups is 1. The Kier molecular flexibility index (Phi) is 3.08. The number of carboxylic acids is 1. The van der Waals surface area contributed by atoms with Gasteiger partial charge in [0.1, 0.15) is 0 Å². The fourth-order valence-corrected chi connectivity index (χ4v) is 2.35. The van der Waals surface area contributed by atoms with Gasteiger partial charge in [-0.15, -0.1) is 0 Å². The molecule has 1 aromatic rings. The molecule has 1 saturated heterocycles. The molecular weight excluding hydrogens is 204 g/mol. The lowest BCUT2D eigenvalue weighted by atomic mass is 10.1. The maximum atomic E-state index is 10.8. The first-order valence-corrected chi connectivity index (χ1v) is 5.57. The van der Waals surface area contributed by atoms with Crippen LogP contribution < -0.4 is 4.90 Å². The van der Waals surface area contributed by atoms with E-state index in [1.807, 2.05) is 19.2 Å². The van der Waals surface area contributed by atoms with Gasteiger partial charge in [0.25, 0.3) is 0 Å². The van der Waals surface area contributed by atoms with E-state index in [9.17, 15) is 4.79 Å². The maximum absolute atomic E-state index is 10.8. The second-order valence-electron chi connectivity index (χ2n) is 4.25. The van der Waals surface area contributed by atoms with Crippen LogP contribution in [0.4, 0.5) is 5.69 Å². The molecule has 1 N–H and O–H groups in total. The van der Waals surface area contributed by atoms with Crippen molar-refractivity contribution in [1.82, 2.24) is 4.98 Å². The molecule has 2 heterocycles. The van der Waals surface area contributed by atoms with E-state index in [0.717, 1.165) is 30.6 Å². The Morgan fingerprint density at radius 3 is 3.19 bits per heavy atom. The Morgan fingerprint density at radius 1 is 1.69 bits per heavy atom. The van der Waals surface area contributed by atoms with Crippen molar-refractivity contribution in [1.29, 1.82) is 0 Å². The predicted octanol–water partition coefficient (Wildman–Crippen LogP) is 1.83. The monoisotopic (exact) mass is 220 g/mol. The number of aromatic nitrogens is 1. The van der Waals surface area contributed by atoms with Gasteiger partial charge in [-0.3, -0.25) is 9.78 Å². The van der Waals surface area contributed by atoms with Crippen LogP contribution in [0, 0.1) is 6.92 Å². The van der Waals surface area contributed by atoms with Gasteiger partial charge in [-0.05, 0) is 31.4 Å². The summed E-state index contributed by atoms with van der Waals surface area (Å²) >= 11 is 0. The first kappa shape index (κ1) is 10.9. The van der Waals surface area contributed by atoms with Crippen LogP contribution in [0.1, 0.15) is 24.8 Å². The Hall–Kier alpha value is -1.58. The summed E-state index contributed by atoms with van der Waals surface area (Å²) in [4.78, 5) is 17.0. The Balaban J connectivity index is 2.20. The van der Waals surface area contributed by atoms with E-state index in [4.69, 9.17) is 5.11 Å². The van der Waals surface area contributed by atoms with Crippen molar-refractivity contribution in [3.63, 3.8) is 0 Å². The molecule has 0 aromatic carbocycles. The van der Waals surface area contributed by atoms with Crippen molar-refractivity contribution < 1.29 is 9.90 Å². The van der Waals surface area contributed by atoms with Crippen molar-refractivity contribution >= 4 is 11.7 Å². The largest absolute Gasteiger partial charge is 0.481 e. The fraction of sp³-hybridized carbons (Fsp3) is 0.500. The van der Waals surface area contributed by atoms with E-state index in [1.54, 1.807) is 6.20 Å². The first-order valence-electron chi connectivity index (χ1n) is 5.57. The third-order valence-corrected chi connectivity index (χ3v) is 3.09. The smallest absolute Gasteiger partial charge is 0.305 e. The van der Waals surface area contributed by atoms with Gasteiger partial charge in [0, 0.05) is 30.7 Å². The van der Waals surface area contributed by atoms with Crippen molar-refractivity contribution in [2.75, 3.05) is 11.4 Å². The number of anilines is 1. The van der Waals surface area contributed by atoms with Gasteiger partial charge < -0.3 is 10.0 Å². The van der Waals surface area contributed by atoms with Crippen LogP contribution in [0.25, 0.3) is 0 Å². The minimum absolute atomic E-state index is 0.138.